The zero-order valence-corrected chi connectivity index (χ0v) is 18.3. The van der Waals surface area contributed by atoms with Crippen LogP contribution in [0, 0.1) is 10.3 Å². The Kier molecular flexibility index (Phi) is 21.9. The summed E-state index contributed by atoms with van der Waals surface area (Å²) >= 11 is 0. The first-order valence-electron chi connectivity index (χ1n) is 11.1. The van der Waals surface area contributed by atoms with Crippen molar-refractivity contribution in [2.24, 2.45) is 10.6 Å². The van der Waals surface area contributed by atoms with Crippen molar-refractivity contribution in [2.45, 2.75) is 117 Å². The molecule has 0 aliphatic rings. The van der Waals surface area contributed by atoms with Crippen molar-refractivity contribution in [3.8, 4) is 0 Å². The van der Waals surface area contributed by atoms with E-state index in [9.17, 15) is 4.79 Å². The van der Waals surface area contributed by atoms with Gasteiger partial charge in [0, 0.05) is 0 Å². The molecular weight excluding hydrogens is 338 g/mol. The van der Waals surface area contributed by atoms with Crippen molar-refractivity contribution in [3.63, 3.8) is 0 Å². The summed E-state index contributed by atoms with van der Waals surface area (Å²) in [4.78, 5) is 20.1. The van der Waals surface area contributed by atoms with E-state index in [0.717, 1.165) is 12.8 Å². The number of unbranched alkanes of at least 4 members (excludes halogenated alkanes) is 13. The Morgan fingerprint density at radius 3 is 1.48 bits per heavy atom. The summed E-state index contributed by atoms with van der Waals surface area (Å²) in [7, 11) is 0. The summed E-state index contributed by atoms with van der Waals surface area (Å²) in [6.07, 6.45) is 21.1. The van der Waals surface area contributed by atoms with Gasteiger partial charge in [-0.1, -0.05) is 108 Å². The maximum Gasteiger partial charge on any atom is 0.309 e. The predicted molar refractivity (Wildman–Crippen MR) is 117 cm³/mol. The van der Waals surface area contributed by atoms with E-state index in [1.54, 1.807) is 0 Å². The average Bonchev–Trinajstić information content (AvgIpc) is 2.63. The second kappa shape index (κ2) is 21.1. The van der Waals surface area contributed by atoms with Crippen LogP contribution in [0.15, 0.2) is 17.8 Å². The Labute approximate surface area is 168 Å². The molecule has 0 aliphatic heterocycles. The van der Waals surface area contributed by atoms with Gasteiger partial charge in [-0.25, -0.2) is 0 Å². The number of nitroso groups, excluding NO2 is 1. The van der Waals surface area contributed by atoms with Gasteiger partial charge in [-0.2, -0.15) is 4.91 Å². The van der Waals surface area contributed by atoms with Gasteiger partial charge in [0.25, 0.3) is 0 Å². The highest BCUT2D eigenvalue weighted by Gasteiger charge is 2.25. The van der Waals surface area contributed by atoms with Gasteiger partial charge in [-0.3, -0.25) is 4.79 Å². The number of carbonyl (C=O) groups is 1. The van der Waals surface area contributed by atoms with Gasteiger partial charge < -0.3 is 5.11 Å². The number of nitrogens with zero attached hydrogens (tertiary/aromatic N) is 1. The minimum Gasteiger partial charge on any atom is -0.481 e. The van der Waals surface area contributed by atoms with Gasteiger partial charge in [0.15, 0.2) is 0 Å². The molecule has 0 spiro atoms. The highest BCUT2D eigenvalue weighted by molar-refractivity contribution is 5.73. The highest BCUT2D eigenvalue weighted by Crippen LogP contribution is 2.24. The third-order valence-corrected chi connectivity index (χ3v) is 4.94. The summed E-state index contributed by atoms with van der Waals surface area (Å²) in [6, 6.07) is 0. The van der Waals surface area contributed by atoms with E-state index in [4.69, 9.17) is 10.0 Å². The molecule has 160 valence electrons. The first kappa shape index (κ1) is 28.0. The number of hydrogen-bond acceptors (Lipinski definition) is 3. The van der Waals surface area contributed by atoms with Gasteiger partial charge in [-0.05, 0) is 20.3 Å². The largest absolute Gasteiger partial charge is 0.481 e. The van der Waals surface area contributed by atoms with Crippen molar-refractivity contribution >= 4 is 5.97 Å². The van der Waals surface area contributed by atoms with Crippen LogP contribution in [0.4, 0.5) is 0 Å². The summed E-state index contributed by atoms with van der Waals surface area (Å²) in [5.41, 5.74) is -0.545. The summed E-state index contributed by atoms with van der Waals surface area (Å²) in [5.74, 6) is -0.665. The molecule has 27 heavy (non-hydrogen) atoms. The van der Waals surface area contributed by atoms with Gasteiger partial charge in [0.1, 0.15) is 0 Å². The normalized spacial score (nSPS) is 10.8. The zero-order chi connectivity index (χ0) is 20.8. The molecule has 0 bridgehead atoms. The van der Waals surface area contributed by atoms with Crippen LogP contribution in [0.25, 0.3) is 0 Å². The molecule has 4 nitrogen and oxygen atoms in total. The van der Waals surface area contributed by atoms with Crippen LogP contribution >= 0.6 is 0 Å². The molecule has 0 radical (unpaired) electrons. The highest BCUT2D eigenvalue weighted by atomic mass is 16.4. The van der Waals surface area contributed by atoms with Gasteiger partial charge in [0.2, 0.25) is 0 Å². The van der Waals surface area contributed by atoms with E-state index in [-0.39, 0.29) is 6.54 Å². The van der Waals surface area contributed by atoms with Crippen molar-refractivity contribution in [3.05, 3.63) is 17.6 Å². The Balaban J connectivity index is 0. The first-order chi connectivity index (χ1) is 12.9. The quantitative estimate of drug-likeness (QED) is 0.148. The van der Waals surface area contributed by atoms with Crippen LogP contribution in [0.1, 0.15) is 117 Å². The molecule has 0 atom stereocenters. The Morgan fingerprint density at radius 2 is 1.22 bits per heavy atom. The SMILES string of the molecule is C=CCN=O.CCCCCCCCCCCCCCCCC(C)(C)C(=O)O. The maximum atomic E-state index is 11.0. The summed E-state index contributed by atoms with van der Waals surface area (Å²) < 4.78 is 0. The average molecular weight is 384 g/mol. The number of carboxylic acid groups (broad SMARTS) is 1. The lowest BCUT2D eigenvalue weighted by molar-refractivity contribution is -0.147. The van der Waals surface area contributed by atoms with Crippen LogP contribution in [0.5, 0.6) is 0 Å². The molecule has 4 heteroatoms. The Morgan fingerprint density at radius 1 is 0.852 bits per heavy atom. The molecule has 0 fully saturated rings. The fraction of sp³-hybridized carbons (Fsp3) is 0.870. The minimum absolute atomic E-state index is 0.222. The van der Waals surface area contributed by atoms with Crippen LogP contribution in [-0.4, -0.2) is 17.6 Å². The Hall–Kier alpha value is -1.19. The molecule has 0 aliphatic carbocycles. The second-order valence-corrected chi connectivity index (χ2v) is 8.14. The van der Waals surface area contributed by atoms with Crippen LogP contribution in [0.2, 0.25) is 0 Å². The van der Waals surface area contributed by atoms with Crippen molar-refractivity contribution in [2.75, 3.05) is 6.54 Å². The molecular formula is C23H45NO3. The minimum atomic E-state index is -0.665. The van der Waals surface area contributed by atoms with E-state index in [2.05, 4.69) is 18.7 Å². The lowest BCUT2D eigenvalue weighted by atomic mass is 9.87. The molecule has 1 N–H and O–H groups in total. The summed E-state index contributed by atoms with van der Waals surface area (Å²) in [5, 5.41) is 11.5. The van der Waals surface area contributed by atoms with Crippen molar-refractivity contribution < 1.29 is 9.90 Å². The maximum absolute atomic E-state index is 11.0. The number of carboxylic acids is 1. The van der Waals surface area contributed by atoms with E-state index >= 15 is 0 Å². The molecule has 0 amide bonds. The van der Waals surface area contributed by atoms with E-state index in [0.29, 0.717) is 0 Å². The molecule has 0 aromatic rings. The van der Waals surface area contributed by atoms with Crippen LogP contribution in [-0.2, 0) is 4.79 Å². The van der Waals surface area contributed by atoms with Gasteiger partial charge >= 0.3 is 5.97 Å². The first-order valence-corrected chi connectivity index (χ1v) is 11.1. The van der Waals surface area contributed by atoms with Gasteiger partial charge in [0.05, 0.1) is 12.0 Å². The third kappa shape index (κ3) is 22.8. The van der Waals surface area contributed by atoms with Crippen molar-refractivity contribution in [1.82, 2.24) is 0 Å². The summed E-state index contributed by atoms with van der Waals surface area (Å²) in [6.45, 7) is 9.41. The second-order valence-electron chi connectivity index (χ2n) is 8.14. The lowest BCUT2D eigenvalue weighted by Crippen LogP contribution is -2.23. The predicted octanol–water partition coefficient (Wildman–Crippen LogP) is 7.91. The number of rotatable bonds is 18. The number of hydrogen-bond donors (Lipinski definition) is 1. The molecule has 0 unspecified atom stereocenters. The Bertz CT molecular complexity index is 348. The number of aliphatic carboxylic acids is 1. The van der Waals surface area contributed by atoms with E-state index < -0.39 is 11.4 Å². The van der Waals surface area contributed by atoms with Crippen LogP contribution in [0.3, 0.4) is 0 Å². The molecule has 0 saturated carbocycles. The van der Waals surface area contributed by atoms with E-state index in [1.165, 1.54) is 89.5 Å². The standard InChI is InChI=1S/C20H40O2.C3H5NO/c1-4-5-6-7-8-9-10-11-12-13-14-15-16-17-18-20(2,3)19(21)22;1-2-3-4-5/h4-18H2,1-3H3,(H,21,22);2H,1,3H2. The van der Waals surface area contributed by atoms with Gasteiger partial charge in [-0.15, -0.1) is 6.58 Å². The zero-order valence-electron chi connectivity index (χ0n) is 18.3. The van der Waals surface area contributed by atoms with Crippen molar-refractivity contribution in [1.29, 1.82) is 0 Å². The molecule has 0 saturated heterocycles. The molecule has 0 aromatic heterocycles. The smallest absolute Gasteiger partial charge is 0.309 e. The fourth-order valence-corrected chi connectivity index (χ4v) is 2.92. The fourth-order valence-electron chi connectivity index (χ4n) is 2.92. The van der Waals surface area contributed by atoms with E-state index in [1.807, 2.05) is 13.8 Å². The molecule has 0 aromatic carbocycles. The lowest BCUT2D eigenvalue weighted by Gasteiger charge is -2.18. The third-order valence-electron chi connectivity index (χ3n) is 4.94. The topological polar surface area (TPSA) is 66.7 Å². The molecule has 0 rings (SSSR count). The molecule has 0 heterocycles. The monoisotopic (exact) mass is 383 g/mol. The van der Waals surface area contributed by atoms with Crippen LogP contribution < -0.4 is 0 Å².